The van der Waals surface area contributed by atoms with Crippen LogP contribution in [0.1, 0.15) is 57.6 Å². The highest BCUT2D eigenvalue weighted by molar-refractivity contribution is 6.32. The Kier molecular flexibility index (Phi) is 7.97. The number of hydrogen-bond acceptors (Lipinski definition) is 6. The molecule has 1 aliphatic heterocycles. The summed E-state index contributed by atoms with van der Waals surface area (Å²) in [6.07, 6.45) is 4.39. The van der Waals surface area contributed by atoms with Gasteiger partial charge in [-0.25, -0.2) is 4.98 Å². The molecule has 0 fully saturated rings. The van der Waals surface area contributed by atoms with Crippen LogP contribution in [-0.2, 0) is 13.0 Å². The van der Waals surface area contributed by atoms with Crippen molar-refractivity contribution in [1.29, 1.82) is 0 Å². The van der Waals surface area contributed by atoms with Crippen molar-refractivity contribution in [3.8, 4) is 0 Å². The highest BCUT2D eigenvalue weighted by atomic mass is 35.5. The smallest absolute Gasteiger partial charge is 0.261 e. The van der Waals surface area contributed by atoms with Gasteiger partial charge in [0.15, 0.2) is 5.15 Å². The summed E-state index contributed by atoms with van der Waals surface area (Å²) >= 11 is 13.0. The molecule has 1 aromatic heterocycles. The first-order chi connectivity index (χ1) is 18.9. The van der Waals surface area contributed by atoms with Crippen LogP contribution in [0.4, 0.5) is 5.69 Å². The van der Waals surface area contributed by atoms with E-state index in [1.165, 1.54) is 0 Å². The number of aliphatic hydroxyl groups is 1. The van der Waals surface area contributed by atoms with Crippen LogP contribution in [-0.4, -0.2) is 50.7 Å². The fourth-order valence-corrected chi connectivity index (χ4v) is 5.26. The summed E-state index contributed by atoms with van der Waals surface area (Å²) < 4.78 is 2.02. The minimum absolute atomic E-state index is 0.0549. The molecule has 1 aliphatic rings. The van der Waals surface area contributed by atoms with Crippen molar-refractivity contribution in [3.63, 3.8) is 0 Å². The number of aliphatic hydroxyl groups excluding tert-OH is 1. The Balaban J connectivity index is 1.48. The highest BCUT2D eigenvalue weighted by Gasteiger charge is 2.32. The quantitative estimate of drug-likeness (QED) is 0.145. The second-order valence-corrected chi connectivity index (χ2v) is 9.99. The van der Waals surface area contributed by atoms with Gasteiger partial charge in [-0.3, -0.25) is 19.9 Å². The predicted octanol–water partition coefficient (Wildman–Crippen LogP) is 5.77. The van der Waals surface area contributed by atoms with Crippen molar-refractivity contribution < 1.29 is 14.7 Å². The molecule has 0 saturated heterocycles. The Bertz CT molecular complexity index is 1580. The number of aromatic nitrogens is 2. The molecule has 200 valence electrons. The van der Waals surface area contributed by atoms with Gasteiger partial charge in [-0.2, -0.15) is 5.10 Å². The number of nitrogens with zero attached hydrogens (tertiary/aromatic N) is 4. The van der Waals surface area contributed by atoms with Crippen LogP contribution in [0.3, 0.4) is 0 Å². The van der Waals surface area contributed by atoms with Crippen molar-refractivity contribution in [1.82, 2.24) is 14.5 Å². The molecule has 0 saturated carbocycles. The van der Waals surface area contributed by atoms with E-state index in [-0.39, 0.29) is 13.2 Å². The fourth-order valence-electron chi connectivity index (χ4n) is 4.81. The molecule has 2 heterocycles. The number of hydrogen-bond donors (Lipinski definition) is 2. The van der Waals surface area contributed by atoms with E-state index in [2.05, 4.69) is 22.4 Å². The number of imide groups is 1. The molecule has 0 bridgehead atoms. The maximum Gasteiger partial charge on any atom is 0.261 e. The second kappa shape index (κ2) is 11.6. The van der Waals surface area contributed by atoms with Crippen molar-refractivity contribution in [3.05, 3.63) is 93.0 Å². The summed E-state index contributed by atoms with van der Waals surface area (Å²) in [5.41, 5.74) is 6.08. The van der Waals surface area contributed by atoms with Crippen molar-refractivity contribution in [2.45, 2.75) is 32.7 Å². The topological polar surface area (TPSA) is 99.8 Å². The number of anilines is 1. The molecule has 0 radical (unpaired) electrons. The Morgan fingerprint density at radius 3 is 2.54 bits per heavy atom. The number of halogens is 2. The monoisotopic (exact) mass is 563 g/mol. The lowest BCUT2D eigenvalue weighted by Crippen LogP contribution is -2.41. The van der Waals surface area contributed by atoms with E-state index in [1.54, 1.807) is 30.5 Å². The van der Waals surface area contributed by atoms with Gasteiger partial charge in [-0.05, 0) is 36.2 Å². The number of carbonyl (C=O) groups excluding carboxylic acids is 2. The average Bonchev–Trinajstić information content (AvgIpc) is 3.23. The summed E-state index contributed by atoms with van der Waals surface area (Å²) in [4.78, 5) is 31.6. The van der Waals surface area contributed by atoms with E-state index in [9.17, 15) is 14.7 Å². The fraction of sp³-hybridized carbons (Fsp3) is 0.241. The normalized spacial score (nSPS) is 13.2. The van der Waals surface area contributed by atoms with Crippen LogP contribution in [0, 0.1) is 0 Å². The third-order valence-electron chi connectivity index (χ3n) is 6.77. The first kappa shape index (κ1) is 26.9. The Morgan fingerprint density at radius 1 is 1.03 bits per heavy atom. The predicted molar refractivity (Wildman–Crippen MR) is 154 cm³/mol. The number of carbonyl (C=O) groups is 2. The van der Waals surface area contributed by atoms with Gasteiger partial charge < -0.3 is 9.67 Å². The highest BCUT2D eigenvalue weighted by Crippen LogP contribution is 2.34. The molecule has 2 amide bonds. The zero-order valence-electron chi connectivity index (χ0n) is 21.3. The largest absolute Gasteiger partial charge is 0.395 e. The van der Waals surface area contributed by atoms with E-state index in [0.29, 0.717) is 50.0 Å². The Hall–Kier alpha value is -3.72. The molecular formula is C29H27Cl2N5O3. The number of unbranched alkanes of at least 4 members (excludes halogenated alkanes) is 1. The van der Waals surface area contributed by atoms with E-state index in [1.807, 2.05) is 34.9 Å². The van der Waals surface area contributed by atoms with Gasteiger partial charge in [-0.1, -0.05) is 66.9 Å². The number of amides is 2. The molecule has 0 unspecified atom stereocenters. The molecule has 4 aromatic rings. The molecule has 8 nitrogen and oxygen atoms in total. The third kappa shape index (κ3) is 5.15. The minimum Gasteiger partial charge on any atom is -0.395 e. The maximum absolute atomic E-state index is 13.0. The summed E-state index contributed by atoms with van der Waals surface area (Å²) in [6, 6.07) is 16.4. The van der Waals surface area contributed by atoms with Gasteiger partial charge in [0.2, 0.25) is 0 Å². The Morgan fingerprint density at radius 2 is 1.79 bits per heavy atom. The number of β-amino-alcohol motifs (C(OH)–C–C–N with tert-alkyl or cyclic N) is 1. The first-order valence-corrected chi connectivity index (χ1v) is 13.5. The second-order valence-electron chi connectivity index (χ2n) is 9.23. The number of nitrogens with one attached hydrogen (secondary N) is 1. The summed E-state index contributed by atoms with van der Waals surface area (Å²) in [5.74, 6) is -0.000374. The molecule has 2 N–H and O–H groups in total. The number of hydrazone groups is 1. The van der Waals surface area contributed by atoms with Crippen LogP contribution in [0.5, 0.6) is 0 Å². The number of aryl methyl sites for hydroxylation is 1. The summed E-state index contributed by atoms with van der Waals surface area (Å²) in [6.45, 7) is 2.27. The van der Waals surface area contributed by atoms with E-state index >= 15 is 0 Å². The molecular weight excluding hydrogens is 537 g/mol. The lowest BCUT2D eigenvalue weighted by atomic mass is 9.93. The van der Waals surface area contributed by atoms with Gasteiger partial charge >= 0.3 is 0 Å². The molecule has 3 aromatic carbocycles. The third-order valence-corrected chi connectivity index (χ3v) is 7.42. The molecule has 0 atom stereocenters. The van der Waals surface area contributed by atoms with Crippen molar-refractivity contribution >= 4 is 57.7 Å². The summed E-state index contributed by atoms with van der Waals surface area (Å²) in [5, 5.41) is 16.0. The Labute approximate surface area is 235 Å². The maximum atomic E-state index is 13.0. The van der Waals surface area contributed by atoms with Crippen LogP contribution in [0.25, 0.3) is 10.8 Å². The van der Waals surface area contributed by atoms with Gasteiger partial charge in [0.1, 0.15) is 11.5 Å². The minimum atomic E-state index is -0.428. The molecule has 0 aliphatic carbocycles. The number of imidazole rings is 1. The lowest BCUT2D eigenvalue weighted by molar-refractivity contribution is 0.0580. The van der Waals surface area contributed by atoms with Crippen LogP contribution >= 0.6 is 23.2 Å². The SMILES string of the molecule is CCCCc1nc(Cl)c(/C=N/Nc2ccc3c4c(cccc24)C(=O)N(CCO)C3=O)n1Cc1ccccc1Cl. The van der Waals surface area contributed by atoms with E-state index in [0.717, 1.165) is 35.6 Å². The molecule has 0 spiro atoms. The number of rotatable bonds is 10. The van der Waals surface area contributed by atoms with E-state index in [4.69, 9.17) is 23.2 Å². The van der Waals surface area contributed by atoms with Gasteiger partial charge in [0, 0.05) is 33.3 Å². The van der Waals surface area contributed by atoms with Crippen molar-refractivity contribution in [2.24, 2.45) is 5.10 Å². The van der Waals surface area contributed by atoms with Gasteiger partial charge in [-0.15, -0.1) is 0 Å². The van der Waals surface area contributed by atoms with Crippen LogP contribution < -0.4 is 5.43 Å². The number of benzene rings is 3. The standard InChI is InChI=1S/C29H27Cl2N5O3/c1-2-3-11-25-33-27(31)24(36(25)17-18-7-4-5-10-22(18)30)16-32-34-23-13-12-21-26-19(23)8-6-9-20(26)28(38)35(14-15-37)29(21)39/h4-10,12-13,16,34,37H,2-3,11,14-15,17H2,1H3/b32-16+. The van der Waals surface area contributed by atoms with Gasteiger partial charge in [0.05, 0.1) is 31.6 Å². The van der Waals surface area contributed by atoms with Crippen molar-refractivity contribution in [2.75, 3.05) is 18.6 Å². The molecule has 39 heavy (non-hydrogen) atoms. The van der Waals surface area contributed by atoms with Crippen LogP contribution in [0.2, 0.25) is 10.2 Å². The zero-order valence-corrected chi connectivity index (χ0v) is 22.8. The van der Waals surface area contributed by atoms with E-state index < -0.39 is 11.8 Å². The van der Waals surface area contributed by atoms with Crippen LogP contribution in [0.15, 0.2) is 59.7 Å². The van der Waals surface area contributed by atoms with Gasteiger partial charge in [0.25, 0.3) is 11.8 Å². The first-order valence-electron chi connectivity index (χ1n) is 12.7. The summed E-state index contributed by atoms with van der Waals surface area (Å²) in [7, 11) is 0. The average molecular weight is 564 g/mol. The molecule has 5 rings (SSSR count). The molecule has 10 heteroatoms. The lowest BCUT2D eigenvalue weighted by Gasteiger charge is -2.27. The zero-order chi connectivity index (χ0) is 27.5.